The van der Waals surface area contributed by atoms with Crippen LogP contribution in [0.4, 0.5) is 0 Å². The second-order valence-electron chi connectivity index (χ2n) is 5.71. The SMILES string of the molecule is CC(C)CC(O)C(O)/C(N)=C\C1CCCCC1. The maximum absolute atomic E-state index is 9.92. The van der Waals surface area contributed by atoms with E-state index in [1.54, 1.807) is 0 Å². The molecule has 2 unspecified atom stereocenters. The van der Waals surface area contributed by atoms with Crippen LogP contribution in [-0.2, 0) is 0 Å². The molecule has 0 aliphatic heterocycles. The maximum atomic E-state index is 9.92. The summed E-state index contributed by atoms with van der Waals surface area (Å²) in [6, 6.07) is 0. The van der Waals surface area contributed by atoms with Gasteiger partial charge in [-0.05, 0) is 31.1 Å². The first-order valence-electron chi connectivity index (χ1n) is 6.84. The average Bonchev–Trinajstić information content (AvgIpc) is 2.28. The minimum Gasteiger partial charge on any atom is -0.400 e. The summed E-state index contributed by atoms with van der Waals surface area (Å²) < 4.78 is 0. The van der Waals surface area contributed by atoms with Gasteiger partial charge < -0.3 is 15.9 Å². The van der Waals surface area contributed by atoms with Crippen LogP contribution in [0.5, 0.6) is 0 Å². The van der Waals surface area contributed by atoms with E-state index in [0.29, 0.717) is 24.0 Å². The summed E-state index contributed by atoms with van der Waals surface area (Å²) in [5.74, 6) is 0.854. The summed E-state index contributed by atoms with van der Waals surface area (Å²) in [6.45, 7) is 4.05. The van der Waals surface area contributed by atoms with Crippen molar-refractivity contribution in [3.05, 3.63) is 11.8 Å². The van der Waals surface area contributed by atoms with E-state index >= 15 is 0 Å². The molecule has 17 heavy (non-hydrogen) atoms. The van der Waals surface area contributed by atoms with Gasteiger partial charge >= 0.3 is 0 Å². The van der Waals surface area contributed by atoms with Crippen LogP contribution in [-0.4, -0.2) is 22.4 Å². The summed E-state index contributed by atoms with van der Waals surface area (Å²) in [5, 5.41) is 19.7. The predicted octanol–water partition coefficient (Wildman–Crippen LogP) is 2.18. The van der Waals surface area contributed by atoms with Crippen LogP contribution in [0.15, 0.2) is 11.8 Å². The molecule has 0 amide bonds. The van der Waals surface area contributed by atoms with E-state index in [4.69, 9.17) is 5.73 Å². The Balaban J connectivity index is 2.48. The Morgan fingerprint density at radius 2 is 1.82 bits per heavy atom. The highest BCUT2D eigenvalue weighted by molar-refractivity contribution is 5.08. The van der Waals surface area contributed by atoms with E-state index in [9.17, 15) is 10.2 Å². The van der Waals surface area contributed by atoms with Gasteiger partial charge in [-0.2, -0.15) is 0 Å². The molecular formula is C14H27NO2. The van der Waals surface area contributed by atoms with Gasteiger partial charge in [-0.15, -0.1) is 0 Å². The zero-order valence-corrected chi connectivity index (χ0v) is 11.1. The van der Waals surface area contributed by atoms with Crippen LogP contribution in [0.3, 0.4) is 0 Å². The Morgan fingerprint density at radius 3 is 2.35 bits per heavy atom. The number of hydrogen-bond donors (Lipinski definition) is 3. The lowest BCUT2D eigenvalue weighted by molar-refractivity contribution is 0.0274. The van der Waals surface area contributed by atoms with Crippen molar-refractivity contribution >= 4 is 0 Å². The second-order valence-corrected chi connectivity index (χ2v) is 5.71. The van der Waals surface area contributed by atoms with Crippen LogP contribution in [0.25, 0.3) is 0 Å². The monoisotopic (exact) mass is 241 g/mol. The number of aliphatic hydroxyl groups is 2. The summed E-state index contributed by atoms with van der Waals surface area (Å²) in [5.41, 5.74) is 6.32. The first-order valence-corrected chi connectivity index (χ1v) is 6.84. The molecular weight excluding hydrogens is 214 g/mol. The fraction of sp³-hybridized carbons (Fsp3) is 0.857. The number of nitrogens with two attached hydrogens (primary N) is 1. The highest BCUT2D eigenvalue weighted by Crippen LogP contribution is 2.26. The van der Waals surface area contributed by atoms with Crippen molar-refractivity contribution in [2.75, 3.05) is 0 Å². The average molecular weight is 241 g/mol. The molecule has 0 radical (unpaired) electrons. The molecule has 0 aromatic rings. The topological polar surface area (TPSA) is 66.5 Å². The lowest BCUT2D eigenvalue weighted by atomic mass is 9.87. The quantitative estimate of drug-likeness (QED) is 0.691. The van der Waals surface area contributed by atoms with Gasteiger partial charge in [0.2, 0.25) is 0 Å². The van der Waals surface area contributed by atoms with Crippen molar-refractivity contribution in [2.24, 2.45) is 17.6 Å². The lowest BCUT2D eigenvalue weighted by Gasteiger charge is -2.23. The molecule has 0 heterocycles. The Labute approximate surface area is 105 Å². The molecule has 0 bridgehead atoms. The van der Waals surface area contributed by atoms with Crippen LogP contribution >= 0.6 is 0 Å². The third kappa shape index (κ3) is 5.09. The third-order valence-electron chi connectivity index (χ3n) is 3.50. The molecule has 2 atom stereocenters. The van der Waals surface area contributed by atoms with E-state index in [1.807, 2.05) is 19.9 Å². The van der Waals surface area contributed by atoms with E-state index in [0.717, 1.165) is 12.8 Å². The van der Waals surface area contributed by atoms with Crippen molar-refractivity contribution in [3.63, 3.8) is 0 Å². The van der Waals surface area contributed by atoms with E-state index in [-0.39, 0.29) is 0 Å². The van der Waals surface area contributed by atoms with Crippen molar-refractivity contribution < 1.29 is 10.2 Å². The molecule has 1 aliphatic rings. The minimum absolute atomic E-state index is 0.363. The second kappa shape index (κ2) is 7.02. The van der Waals surface area contributed by atoms with Gasteiger partial charge in [-0.25, -0.2) is 0 Å². The number of aliphatic hydroxyl groups excluding tert-OH is 2. The van der Waals surface area contributed by atoms with E-state index < -0.39 is 12.2 Å². The molecule has 4 N–H and O–H groups in total. The van der Waals surface area contributed by atoms with Gasteiger partial charge in [-0.3, -0.25) is 0 Å². The third-order valence-corrected chi connectivity index (χ3v) is 3.50. The fourth-order valence-corrected chi connectivity index (χ4v) is 2.51. The summed E-state index contributed by atoms with van der Waals surface area (Å²) in [7, 11) is 0. The number of allylic oxidation sites excluding steroid dienone is 1. The Bertz CT molecular complexity index is 245. The van der Waals surface area contributed by atoms with Crippen molar-refractivity contribution in [1.82, 2.24) is 0 Å². The first-order chi connectivity index (χ1) is 8.00. The molecule has 0 saturated heterocycles. The highest BCUT2D eigenvalue weighted by Gasteiger charge is 2.21. The van der Waals surface area contributed by atoms with Gasteiger partial charge in [0.15, 0.2) is 0 Å². The smallest absolute Gasteiger partial charge is 0.119 e. The molecule has 1 aliphatic carbocycles. The van der Waals surface area contributed by atoms with Crippen LogP contribution in [0.2, 0.25) is 0 Å². The summed E-state index contributed by atoms with van der Waals surface area (Å²) >= 11 is 0. The Morgan fingerprint density at radius 1 is 1.24 bits per heavy atom. The van der Waals surface area contributed by atoms with Crippen LogP contribution in [0, 0.1) is 11.8 Å². The predicted molar refractivity (Wildman–Crippen MR) is 70.3 cm³/mol. The van der Waals surface area contributed by atoms with Gasteiger partial charge in [0.1, 0.15) is 6.10 Å². The largest absolute Gasteiger partial charge is 0.400 e. The van der Waals surface area contributed by atoms with Crippen LogP contribution in [0.1, 0.15) is 52.4 Å². The molecule has 1 rings (SSSR count). The van der Waals surface area contributed by atoms with Crippen molar-refractivity contribution in [3.8, 4) is 0 Å². The molecule has 1 fully saturated rings. The highest BCUT2D eigenvalue weighted by atomic mass is 16.3. The maximum Gasteiger partial charge on any atom is 0.119 e. The lowest BCUT2D eigenvalue weighted by Crippen LogP contribution is -2.33. The number of rotatable bonds is 5. The van der Waals surface area contributed by atoms with Crippen LogP contribution < -0.4 is 5.73 Å². The molecule has 1 saturated carbocycles. The first kappa shape index (κ1) is 14.5. The summed E-state index contributed by atoms with van der Waals surface area (Å²) in [6.07, 6.45) is 7.03. The zero-order valence-electron chi connectivity index (χ0n) is 11.1. The van der Waals surface area contributed by atoms with E-state index in [2.05, 4.69) is 0 Å². The van der Waals surface area contributed by atoms with Gasteiger partial charge in [0.25, 0.3) is 0 Å². The molecule has 0 spiro atoms. The summed E-state index contributed by atoms with van der Waals surface area (Å²) in [4.78, 5) is 0. The molecule has 3 nitrogen and oxygen atoms in total. The molecule has 0 aromatic heterocycles. The molecule has 3 heteroatoms. The van der Waals surface area contributed by atoms with Gasteiger partial charge in [-0.1, -0.05) is 39.2 Å². The fourth-order valence-electron chi connectivity index (χ4n) is 2.51. The van der Waals surface area contributed by atoms with Crippen molar-refractivity contribution in [1.29, 1.82) is 0 Å². The van der Waals surface area contributed by atoms with E-state index in [1.165, 1.54) is 19.3 Å². The normalized spacial score (nSPS) is 22.8. The number of hydrogen-bond acceptors (Lipinski definition) is 3. The molecule has 100 valence electrons. The zero-order chi connectivity index (χ0) is 12.8. The Kier molecular flexibility index (Phi) is 6.00. The Hall–Kier alpha value is -0.540. The van der Waals surface area contributed by atoms with Crippen molar-refractivity contribution in [2.45, 2.75) is 64.6 Å². The van der Waals surface area contributed by atoms with Gasteiger partial charge in [0, 0.05) is 5.70 Å². The molecule has 0 aromatic carbocycles. The standard InChI is InChI=1S/C14H27NO2/c1-10(2)8-13(16)14(17)12(15)9-11-6-4-3-5-7-11/h9-11,13-14,16-17H,3-8,15H2,1-2H3/b12-9+. The van der Waals surface area contributed by atoms with Gasteiger partial charge in [0.05, 0.1) is 6.10 Å². The minimum atomic E-state index is -0.903.